The summed E-state index contributed by atoms with van der Waals surface area (Å²) < 4.78 is 1.23. The standard InChI is InChI=1S/C17H27BrN2/c1-3-9-19-13-15-5-6-16(12-17(15)18)20-10-7-14(4-2)8-11-20/h5-6,12,14,19H,3-4,7-11,13H2,1-2H3. The lowest BCUT2D eigenvalue weighted by molar-refractivity contribution is 0.395. The maximum absolute atomic E-state index is 3.72. The molecule has 1 aromatic carbocycles. The van der Waals surface area contributed by atoms with Crippen LogP contribution in [0.25, 0.3) is 0 Å². The van der Waals surface area contributed by atoms with Gasteiger partial charge in [-0.1, -0.05) is 42.3 Å². The molecule has 0 atom stereocenters. The monoisotopic (exact) mass is 338 g/mol. The van der Waals surface area contributed by atoms with Crippen molar-refractivity contribution in [2.75, 3.05) is 24.5 Å². The Balaban J connectivity index is 1.95. The zero-order chi connectivity index (χ0) is 14.4. The first-order valence-electron chi connectivity index (χ1n) is 7.98. The Morgan fingerprint density at radius 3 is 2.60 bits per heavy atom. The number of halogens is 1. The fourth-order valence-electron chi connectivity index (χ4n) is 2.88. The van der Waals surface area contributed by atoms with E-state index in [0.717, 1.165) is 19.0 Å². The van der Waals surface area contributed by atoms with Crippen LogP contribution in [0.5, 0.6) is 0 Å². The van der Waals surface area contributed by atoms with Crippen LogP contribution in [0.1, 0.15) is 45.1 Å². The van der Waals surface area contributed by atoms with Gasteiger partial charge in [-0.05, 0) is 49.4 Å². The number of hydrogen-bond acceptors (Lipinski definition) is 2. The lowest BCUT2D eigenvalue weighted by atomic mass is 9.94. The van der Waals surface area contributed by atoms with Crippen molar-refractivity contribution in [1.82, 2.24) is 5.32 Å². The van der Waals surface area contributed by atoms with Crippen LogP contribution in [0.3, 0.4) is 0 Å². The number of nitrogens with zero attached hydrogens (tertiary/aromatic N) is 1. The molecule has 0 unspecified atom stereocenters. The van der Waals surface area contributed by atoms with E-state index in [2.05, 4.69) is 58.2 Å². The van der Waals surface area contributed by atoms with Gasteiger partial charge in [-0.3, -0.25) is 0 Å². The topological polar surface area (TPSA) is 15.3 Å². The van der Waals surface area contributed by atoms with Crippen LogP contribution in [0.15, 0.2) is 22.7 Å². The Hall–Kier alpha value is -0.540. The van der Waals surface area contributed by atoms with Gasteiger partial charge in [0.2, 0.25) is 0 Å². The normalized spacial score (nSPS) is 16.6. The third-order valence-electron chi connectivity index (χ3n) is 4.34. The first-order chi connectivity index (χ1) is 9.74. The van der Waals surface area contributed by atoms with Crippen LogP contribution in [0.4, 0.5) is 5.69 Å². The summed E-state index contributed by atoms with van der Waals surface area (Å²) in [5, 5.41) is 3.46. The van der Waals surface area contributed by atoms with Crippen molar-refractivity contribution >= 4 is 21.6 Å². The molecule has 1 aromatic rings. The molecule has 2 rings (SSSR count). The molecule has 0 aliphatic carbocycles. The van der Waals surface area contributed by atoms with Gasteiger partial charge in [-0.2, -0.15) is 0 Å². The van der Waals surface area contributed by atoms with Crippen LogP contribution in [0.2, 0.25) is 0 Å². The summed E-state index contributed by atoms with van der Waals surface area (Å²) in [4.78, 5) is 2.53. The van der Waals surface area contributed by atoms with Crippen molar-refractivity contribution in [2.24, 2.45) is 5.92 Å². The predicted octanol–water partition coefficient (Wildman–Crippen LogP) is 4.58. The van der Waals surface area contributed by atoms with Gasteiger partial charge in [-0.15, -0.1) is 0 Å². The molecule has 1 aliphatic rings. The van der Waals surface area contributed by atoms with Crippen LogP contribution in [0, 0.1) is 5.92 Å². The van der Waals surface area contributed by atoms with Gasteiger partial charge in [-0.25, -0.2) is 0 Å². The smallest absolute Gasteiger partial charge is 0.0377 e. The summed E-state index contributed by atoms with van der Waals surface area (Å²) in [7, 11) is 0. The second kappa shape index (κ2) is 8.04. The Morgan fingerprint density at radius 1 is 1.25 bits per heavy atom. The SMILES string of the molecule is CCCNCc1ccc(N2CCC(CC)CC2)cc1Br. The second-order valence-corrected chi connectivity index (χ2v) is 6.65. The van der Waals surface area contributed by atoms with Gasteiger partial charge in [0.05, 0.1) is 0 Å². The highest BCUT2D eigenvalue weighted by molar-refractivity contribution is 9.10. The van der Waals surface area contributed by atoms with E-state index >= 15 is 0 Å². The average Bonchev–Trinajstić information content (AvgIpc) is 2.49. The van der Waals surface area contributed by atoms with E-state index in [1.165, 1.54) is 54.5 Å². The zero-order valence-electron chi connectivity index (χ0n) is 12.8. The molecule has 1 saturated heterocycles. The van der Waals surface area contributed by atoms with E-state index in [9.17, 15) is 0 Å². The van der Waals surface area contributed by atoms with E-state index in [-0.39, 0.29) is 0 Å². The van der Waals surface area contributed by atoms with Crippen LogP contribution in [-0.4, -0.2) is 19.6 Å². The largest absolute Gasteiger partial charge is 0.371 e. The molecule has 112 valence electrons. The minimum absolute atomic E-state index is 0.937. The summed E-state index contributed by atoms with van der Waals surface area (Å²) >= 11 is 3.72. The molecule has 0 saturated carbocycles. The summed E-state index contributed by atoms with van der Waals surface area (Å²) in [6.07, 6.45) is 5.20. The molecule has 1 fully saturated rings. The Kier molecular flexibility index (Phi) is 6.37. The van der Waals surface area contributed by atoms with Crippen molar-refractivity contribution in [2.45, 2.75) is 46.1 Å². The number of benzene rings is 1. The maximum atomic E-state index is 3.72. The molecular weight excluding hydrogens is 312 g/mol. The van der Waals surface area contributed by atoms with Crippen molar-refractivity contribution in [3.63, 3.8) is 0 Å². The first-order valence-corrected chi connectivity index (χ1v) is 8.78. The zero-order valence-corrected chi connectivity index (χ0v) is 14.4. The molecule has 1 N–H and O–H groups in total. The molecule has 20 heavy (non-hydrogen) atoms. The highest BCUT2D eigenvalue weighted by atomic mass is 79.9. The van der Waals surface area contributed by atoms with Crippen molar-refractivity contribution in [3.05, 3.63) is 28.2 Å². The van der Waals surface area contributed by atoms with Crippen LogP contribution < -0.4 is 10.2 Å². The molecule has 3 heteroatoms. The number of piperidine rings is 1. The molecule has 1 heterocycles. The van der Waals surface area contributed by atoms with E-state index in [0.29, 0.717) is 0 Å². The number of anilines is 1. The fraction of sp³-hybridized carbons (Fsp3) is 0.647. The van der Waals surface area contributed by atoms with Gasteiger partial charge in [0.15, 0.2) is 0 Å². The second-order valence-electron chi connectivity index (χ2n) is 5.79. The average molecular weight is 339 g/mol. The first kappa shape index (κ1) is 15.8. The Morgan fingerprint density at radius 2 is 2.00 bits per heavy atom. The van der Waals surface area contributed by atoms with E-state index in [4.69, 9.17) is 0 Å². The van der Waals surface area contributed by atoms with Gasteiger partial charge in [0, 0.05) is 29.8 Å². The van der Waals surface area contributed by atoms with Gasteiger partial charge < -0.3 is 10.2 Å². The Labute approximate surface area is 132 Å². The molecule has 0 aromatic heterocycles. The molecule has 0 spiro atoms. The fourth-order valence-corrected chi connectivity index (χ4v) is 3.38. The minimum Gasteiger partial charge on any atom is -0.371 e. The lowest BCUT2D eigenvalue weighted by Crippen LogP contribution is -2.33. The summed E-state index contributed by atoms with van der Waals surface area (Å²) in [5.74, 6) is 0.937. The molecule has 1 aliphatic heterocycles. The van der Waals surface area contributed by atoms with Crippen molar-refractivity contribution in [3.8, 4) is 0 Å². The van der Waals surface area contributed by atoms with E-state index < -0.39 is 0 Å². The number of rotatable bonds is 6. The highest BCUT2D eigenvalue weighted by Gasteiger charge is 2.18. The van der Waals surface area contributed by atoms with Crippen LogP contribution in [-0.2, 0) is 6.54 Å². The number of nitrogens with one attached hydrogen (secondary N) is 1. The molecule has 0 radical (unpaired) electrons. The Bertz CT molecular complexity index is 411. The van der Waals surface area contributed by atoms with Gasteiger partial charge in [0.1, 0.15) is 0 Å². The maximum Gasteiger partial charge on any atom is 0.0377 e. The van der Waals surface area contributed by atoms with Gasteiger partial charge in [0.25, 0.3) is 0 Å². The summed E-state index contributed by atoms with van der Waals surface area (Å²) in [6.45, 7) is 8.96. The van der Waals surface area contributed by atoms with Crippen molar-refractivity contribution < 1.29 is 0 Å². The van der Waals surface area contributed by atoms with E-state index in [1.54, 1.807) is 0 Å². The molecule has 0 amide bonds. The molecule has 2 nitrogen and oxygen atoms in total. The summed E-state index contributed by atoms with van der Waals surface area (Å²) in [6, 6.07) is 6.82. The predicted molar refractivity (Wildman–Crippen MR) is 91.4 cm³/mol. The molecular formula is C17H27BrN2. The van der Waals surface area contributed by atoms with Crippen molar-refractivity contribution in [1.29, 1.82) is 0 Å². The third kappa shape index (κ3) is 4.23. The quantitative estimate of drug-likeness (QED) is 0.764. The number of hydrogen-bond donors (Lipinski definition) is 1. The lowest BCUT2D eigenvalue weighted by Gasteiger charge is -2.33. The summed E-state index contributed by atoms with van der Waals surface area (Å²) in [5.41, 5.74) is 2.72. The van der Waals surface area contributed by atoms with Gasteiger partial charge >= 0.3 is 0 Å². The third-order valence-corrected chi connectivity index (χ3v) is 5.07. The minimum atomic E-state index is 0.937. The molecule has 0 bridgehead atoms. The van der Waals surface area contributed by atoms with Crippen LogP contribution >= 0.6 is 15.9 Å². The highest BCUT2D eigenvalue weighted by Crippen LogP contribution is 2.28. The van der Waals surface area contributed by atoms with E-state index in [1.807, 2.05) is 0 Å².